The largest absolute Gasteiger partial charge is 0.350 e. The van der Waals surface area contributed by atoms with Gasteiger partial charge in [0.2, 0.25) is 0 Å². The first-order valence-electron chi connectivity index (χ1n) is 7.60. The van der Waals surface area contributed by atoms with Crippen molar-refractivity contribution in [1.82, 2.24) is 15.3 Å². The lowest BCUT2D eigenvalue weighted by atomic mass is 9.95. The van der Waals surface area contributed by atoms with Crippen molar-refractivity contribution >= 4 is 5.91 Å². The van der Waals surface area contributed by atoms with Gasteiger partial charge in [-0.05, 0) is 36.3 Å². The maximum atomic E-state index is 12.0. The molecule has 0 saturated heterocycles. The van der Waals surface area contributed by atoms with E-state index in [1.807, 2.05) is 0 Å². The Labute approximate surface area is 127 Å². The van der Waals surface area contributed by atoms with Gasteiger partial charge in [0.05, 0.1) is 6.20 Å². The number of hydrogen-bond acceptors (Lipinski definition) is 3. The topological polar surface area (TPSA) is 74.8 Å². The van der Waals surface area contributed by atoms with Crippen molar-refractivity contribution in [3.05, 3.63) is 63.8 Å². The van der Waals surface area contributed by atoms with Gasteiger partial charge in [0, 0.05) is 18.2 Å². The van der Waals surface area contributed by atoms with Gasteiger partial charge in [-0.3, -0.25) is 9.59 Å². The van der Waals surface area contributed by atoms with Crippen LogP contribution in [0.15, 0.2) is 41.5 Å². The number of rotatable bonds is 3. The molecule has 22 heavy (non-hydrogen) atoms. The number of H-pyrrole nitrogens is 1. The second-order valence-electron chi connectivity index (χ2n) is 6.22. The first-order chi connectivity index (χ1) is 10.7. The fraction of sp³-hybridized carbons (Fsp3) is 0.353. The van der Waals surface area contributed by atoms with E-state index in [9.17, 15) is 9.59 Å². The van der Waals surface area contributed by atoms with E-state index in [1.165, 1.54) is 23.7 Å². The maximum absolute atomic E-state index is 12.0. The van der Waals surface area contributed by atoms with Crippen molar-refractivity contribution in [2.24, 2.45) is 5.92 Å². The van der Waals surface area contributed by atoms with E-state index in [4.69, 9.17) is 0 Å². The molecule has 1 amide bonds. The van der Waals surface area contributed by atoms with Gasteiger partial charge in [-0.2, -0.15) is 0 Å². The van der Waals surface area contributed by atoms with Crippen molar-refractivity contribution < 1.29 is 4.79 Å². The average Bonchev–Trinajstić information content (AvgIpc) is 3.13. The zero-order chi connectivity index (χ0) is 15.2. The van der Waals surface area contributed by atoms with Crippen molar-refractivity contribution in [2.75, 3.05) is 6.54 Å². The maximum Gasteiger partial charge on any atom is 0.271 e. The van der Waals surface area contributed by atoms with E-state index in [1.54, 1.807) is 0 Å². The molecule has 2 aliphatic carbocycles. The fourth-order valence-electron chi connectivity index (χ4n) is 3.77. The molecule has 1 saturated carbocycles. The Morgan fingerprint density at radius 3 is 3.09 bits per heavy atom. The number of amides is 1. The first-order valence-corrected chi connectivity index (χ1v) is 7.60. The van der Waals surface area contributed by atoms with Crippen molar-refractivity contribution in [1.29, 1.82) is 0 Å². The molecule has 1 heterocycles. The summed E-state index contributed by atoms with van der Waals surface area (Å²) >= 11 is 0. The Balaban J connectivity index is 1.42. The molecule has 2 aromatic rings. The third-order valence-electron chi connectivity index (χ3n) is 5.04. The summed E-state index contributed by atoms with van der Waals surface area (Å²) < 4.78 is 0. The highest BCUT2D eigenvalue weighted by Gasteiger charge is 2.57. The van der Waals surface area contributed by atoms with E-state index in [-0.39, 0.29) is 22.6 Å². The molecule has 112 valence electrons. The molecular formula is C17H17N3O2. The van der Waals surface area contributed by atoms with Crippen LogP contribution in [0.5, 0.6) is 0 Å². The van der Waals surface area contributed by atoms with Crippen molar-refractivity contribution in [2.45, 2.75) is 24.7 Å². The first kappa shape index (κ1) is 13.2. The zero-order valence-electron chi connectivity index (χ0n) is 12.1. The average molecular weight is 295 g/mol. The highest BCUT2D eigenvalue weighted by molar-refractivity contribution is 5.91. The highest BCUT2D eigenvalue weighted by Crippen LogP contribution is 2.61. The Morgan fingerprint density at radius 2 is 2.27 bits per heavy atom. The van der Waals surface area contributed by atoms with Gasteiger partial charge in [-0.25, -0.2) is 4.98 Å². The summed E-state index contributed by atoms with van der Waals surface area (Å²) in [4.78, 5) is 29.3. The second kappa shape index (κ2) is 4.80. The predicted octanol–water partition coefficient (Wildman–Crippen LogP) is 1.40. The smallest absolute Gasteiger partial charge is 0.271 e. The quantitative estimate of drug-likeness (QED) is 0.899. The normalized spacial score (nSPS) is 25.0. The zero-order valence-corrected chi connectivity index (χ0v) is 12.1. The fourth-order valence-corrected chi connectivity index (χ4v) is 3.77. The molecule has 0 radical (unpaired) electrons. The summed E-state index contributed by atoms with van der Waals surface area (Å²) in [6.45, 7) is 0.661. The molecule has 5 heteroatoms. The molecule has 1 fully saturated rings. The summed E-state index contributed by atoms with van der Waals surface area (Å²) in [6, 6.07) is 8.64. The van der Waals surface area contributed by atoms with Crippen LogP contribution in [0, 0.1) is 5.92 Å². The van der Waals surface area contributed by atoms with Gasteiger partial charge in [0.1, 0.15) is 5.69 Å². The molecular weight excluding hydrogens is 278 g/mol. The van der Waals surface area contributed by atoms with Crippen LogP contribution in [0.2, 0.25) is 0 Å². The molecule has 2 atom stereocenters. The molecule has 1 aromatic carbocycles. The molecule has 2 aliphatic rings. The minimum absolute atomic E-state index is 0.232. The van der Waals surface area contributed by atoms with E-state index >= 15 is 0 Å². The van der Waals surface area contributed by atoms with E-state index < -0.39 is 0 Å². The molecule has 1 spiro atoms. The van der Waals surface area contributed by atoms with Crippen LogP contribution in [-0.4, -0.2) is 22.4 Å². The van der Waals surface area contributed by atoms with E-state index in [0.29, 0.717) is 12.5 Å². The van der Waals surface area contributed by atoms with Crippen LogP contribution >= 0.6 is 0 Å². The van der Waals surface area contributed by atoms with Gasteiger partial charge in [0.15, 0.2) is 0 Å². The lowest BCUT2D eigenvalue weighted by Crippen LogP contribution is -2.29. The monoisotopic (exact) mass is 295 g/mol. The summed E-state index contributed by atoms with van der Waals surface area (Å²) in [5.41, 5.74) is 3.15. The van der Waals surface area contributed by atoms with Crippen molar-refractivity contribution in [3.8, 4) is 0 Å². The third kappa shape index (κ3) is 2.04. The Bertz CT molecular complexity index is 778. The molecule has 5 nitrogen and oxygen atoms in total. The number of nitrogens with one attached hydrogen (secondary N) is 2. The lowest BCUT2D eigenvalue weighted by molar-refractivity contribution is 0.0945. The van der Waals surface area contributed by atoms with Crippen LogP contribution in [0.1, 0.15) is 34.5 Å². The van der Waals surface area contributed by atoms with Crippen LogP contribution in [0.25, 0.3) is 0 Å². The number of carbonyl (C=O) groups excluding carboxylic acids is 1. The lowest BCUT2D eigenvalue weighted by Gasteiger charge is -2.12. The second-order valence-corrected chi connectivity index (χ2v) is 6.22. The standard InChI is InChI=1S/C17H17N3O2/c21-15-10-18-14(9-19-15)16(22)20-8-12-7-17(12)6-5-11-3-1-2-4-13(11)17/h1-4,9-10,12H,5-8H2,(H,19,21)(H,20,22)/t12-,17-/m1/s1. The SMILES string of the molecule is O=C(NC[C@H]1C[C@]12CCc1ccccc12)c1c[nH]c(=O)cn1. The van der Waals surface area contributed by atoms with Crippen LogP contribution < -0.4 is 10.9 Å². The number of nitrogens with zero attached hydrogens (tertiary/aromatic N) is 1. The summed E-state index contributed by atoms with van der Waals surface area (Å²) in [7, 11) is 0. The molecule has 2 N–H and O–H groups in total. The minimum Gasteiger partial charge on any atom is -0.350 e. The van der Waals surface area contributed by atoms with E-state index in [0.717, 1.165) is 19.0 Å². The number of fused-ring (bicyclic) bond motifs is 2. The van der Waals surface area contributed by atoms with Crippen LogP contribution in [0.4, 0.5) is 0 Å². The van der Waals surface area contributed by atoms with E-state index in [2.05, 4.69) is 39.6 Å². The number of benzene rings is 1. The minimum atomic E-state index is -0.305. The molecule has 0 unspecified atom stereocenters. The van der Waals surface area contributed by atoms with Gasteiger partial charge in [0.25, 0.3) is 11.5 Å². The number of aromatic amines is 1. The Morgan fingerprint density at radius 1 is 1.41 bits per heavy atom. The molecule has 0 aliphatic heterocycles. The Kier molecular flexibility index (Phi) is 2.89. The number of aryl methyl sites for hydroxylation is 1. The Hall–Kier alpha value is -2.43. The van der Waals surface area contributed by atoms with Crippen LogP contribution in [-0.2, 0) is 11.8 Å². The molecule has 4 rings (SSSR count). The predicted molar refractivity (Wildman–Crippen MR) is 81.7 cm³/mol. The van der Waals surface area contributed by atoms with Gasteiger partial charge < -0.3 is 10.3 Å². The molecule has 1 aromatic heterocycles. The number of aromatic nitrogens is 2. The highest BCUT2D eigenvalue weighted by atomic mass is 16.2. The summed E-state index contributed by atoms with van der Waals surface area (Å²) in [6.07, 6.45) is 5.95. The number of hydrogen-bond donors (Lipinski definition) is 2. The number of carbonyl (C=O) groups is 1. The van der Waals surface area contributed by atoms with Gasteiger partial charge in [-0.1, -0.05) is 24.3 Å². The summed E-state index contributed by atoms with van der Waals surface area (Å²) in [5.74, 6) is 0.271. The van der Waals surface area contributed by atoms with Crippen molar-refractivity contribution in [3.63, 3.8) is 0 Å². The van der Waals surface area contributed by atoms with Gasteiger partial charge in [-0.15, -0.1) is 0 Å². The summed E-state index contributed by atoms with van der Waals surface area (Å²) in [5, 5.41) is 2.94. The van der Waals surface area contributed by atoms with Gasteiger partial charge >= 0.3 is 0 Å². The van der Waals surface area contributed by atoms with Crippen LogP contribution in [0.3, 0.4) is 0 Å². The third-order valence-corrected chi connectivity index (χ3v) is 5.04. The molecule has 0 bridgehead atoms.